The van der Waals surface area contributed by atoms with Crippen LogP contribution < -0.4 is 14.2 Å². The number of para-hydroxylation sites is 1. The van der Waals surface area contributed by atoms with Gasteiger partial charge in [0.15, 0.2) is 5.76 Å². The summed E-state index contributed by atoms with van der Waals surface area (Å²) in [6.45, 7) is 4.44. The van der Waals surface area contributed by atoms with Crippen molar-refractivity contribution in [3.63, 3.8) is 0 Å². The number of carbonyl (C=O) groups is 1. The second-order valence-electron chi connectivity index (χ2n) is 5.97. The minimum Gasteiger partial charge on any atom is -0.494 e. The molecule has 0 aromatic heterocycles. The molecule has 0 saturated heterocycles. The van der Waals surface area contributed by atoms with E-state index in [1.54, 1.807) is 24.3 Å². The fourth-order valence-electron chi connectivity index (χ4n) is 3.00. The molecule has 0 unspecified atom stereocenters. The Labute approximate surface area is 146 Å². The van der Waals surface area contributed by atoms with E-state index >= 15 is 0 Å². The van der Waals surface area contributed by atoms with Crippen molar-refractivity contribution >= 4 is 11.9 Å². The lowest BCUT2D eigenvalue weighted by molar-refractivity contribution is 0.101. The molecule has 0 N–H and O–H groups in total. The summed E-state index contributed by atoms with van der Waals surface area (Å²) in [7, 11) is 0. The summed E-state index contributed by atoms with van der Waals surface area (Å²) < 4.78 is 17.2. The highest BCUT2D eigenvalue weighted by molar-refractivity contribution is 6.12. The average molecular weight is 334 g/mol. The summed E-state index contributed by atoms with van der Waals surface area (Å²) in [6, 6.07) is 13.1. The van der Waals surface area contributed by atoms with Gasteiger partial charge >= 0.3 is 0 Å². The van der Waals surface area contributed by atoms with Crippen LogP contribution >= 0.6 is 0 Å². The molecule has 4 rings (SSSR count). The molecule has 4 heteroatoms. The first kappa shape index (κ1) is 15.5. The van der Waals surface area contributed by atoms with Crippen molar-refractivity contribution in [3.8, 4) is 17.2 Å². The maximum absolute atomic E-state index is 12.6. The van der Waals surface area contributed by atoms with Crippen molar-refractivity contribution < 1.29 is 19.0 Å². The molecule has 126 valence electrons. The van der Waals surface area contributed by atoms with Crippen LogP contribution in [0.3, 0.4) is 0 Å². The number of ether oxygens (including phenoxy) is 3. The highest BCUT2D eigenvalue weighted by atomic mass is 16.5. The van der Waals surface area contributed by atoms with Gasteiger partial charge in [0.2, 0.25) is 5.78 Å². The van der Waals surface area contributed by atoms with E-state index in [-0.39, 0.29) is 11.9 Å². The van der Waals surface area contributed by atoms with Crippen LogP contribution in [-0.2, 0) is 0 Å². The summed E-state index contributed by atoms with van der Waals surface area (Å²) >= 11 is 0. The zero-order chi connectivity index (χ0) is 17.4. The molecule has 2 aliphatic heterocycles. The Morgan fingerprint density at radius 2 is 2.00 bits per heavy atom. The van der Waals surface area contributed by atoms with Gasteiger partial charge in [0.1, 0.15) is 23.4 Å². The second-order valence-corrected chi connectivity index (χ2v) is 5.97. The third-order valence-electron chi connectivity index (χ3n) is 4.26. The van der Waals surface area contributed by atoms with E-state index in [1.165, 1.54) is 0 Å². The van der Waals surface area contributed by atoms with E-state index in [4.69, 9.17) is 14.2 Å². The smallest absolute Gasteiger partial charge is 0.231 e. The Morgan fingerprint density at radius 1 is 1.16 bits per heavy atom. The van der Waals surface area contributed by atoms with Crippen LogP contribution in [-0.4, -0.2) is 18.5 Å². The number of ketones is 1. The van der Waals surface area contributed by atoms with Crippen LogP contribution in [0.5, 0.6) is 17.2 Å². The number of Topliss-reactive ketones (excluding diaryl/α,β-unsaturated/α-hetero) is 1. The van der Waals surface area contributed by atoms with E-state index < -0.39 is 0 Å². The zero-order valence-electron chi connectivity index (χ0n) is 14.1. The van der Waals surface area contributed by atoms with E-state index in [1.807, 2.05) is 44.2 Å². The maximum Gasteiger partial charge on any atom is 0.231 e. The highest BCUT2D eigenvalue weighted by Gasteiger charge is 2.29. The molecule has 2 heterocycles. The first-order valence-electron chi connectivity index (χ1n) is 8.34. The maximum atomic E-state index is 12.6. The molecule has 2 aliphatic rings. The summed E-state index contributed by atoms with van der Waals surface area (Å²) in [4.78, 5) is 12.6. The van der Waals surface area contributed by atoms with Gasteiger partial charge < -0.3 is 14.2 Å². The standard InChI is InChI=1S/C21H18O4/c1-3-23-16-8-9-17-19(12-16)25-20(21(17)22)11-15-10-14-6-4-5-7-18(14)24-13(15)2/h4-13H,3H2,1-2H3/b20-11-/t13-/m1/s1. The van der Waals surface area contributed by atoms with Crippen LogP contribution in [0.25, 0.3) is 6.08 Å². The van der Waals surface area contributed by atoms with Crippen molar-refractivity contribution in [1.29, 1.82) is 0 Å². The van der Waals surface area contributed by atoms with Gasteiger partial charge in [-0.3, -0.25) is 4.79 Å². The fourth-order valence-corrected chi connectivity index (χ4v) is 3.00. The molecule has 1 atom stereocenters. The molecule has 25 heavy (non-hydrogen) atoms. The molecular formula is C21H18O4. The SMILES string of the molecule is CCOc1ccc2c(c1)O/C(=C\C1=Cc3ccccc3O[C@@H]1C)C2=O. The van der Waals surface area contributed by atoms with Crippen molar-refractivity contribution in [2.45, 2.75) is 20.0 Å². The first-order chi connectivity index (χ1) is 12.2. The molecule has 2 aromatic rings. The third kappa shape index (κ3) is 2.80. The largest absolute Gasteiger partial charge is 0.494 e. The predicted molar refractivity (Wildman–Crippen MR) is 95.2 cm³/mol. The zero-order valence-corrected chi connectivity index (χ0v) is 14.1. The number of allylic oxidation sites excluding steroid dienone is 1. The number of hydrogen-bond donors (Lipinski definition) is 0. The van der Waals surface area contributed by atoms with Crippen LogP contribution in [0.2, 0.25) is 0 Å². The summed E-state index contributed by atoms with van der Waals surface area (Å²) in [6.07, 6.45) is 3.65. The Morgan fingerprint density at radius 3 is 2.84 bits per heavy atom. The Hall–Kier alpha value is -3.01. The van der Waals surface area contributed by atoms with Crippen molar-refractivity contribution in [1.82, 2.24) is 0 Å². The van der Waals surface area contributed by atoms with Crippen molar-refractivity contribution in [3.05, 3.63) is 71.0 Å². The van der Waals surface area contributed by atoms with E-state index in [2.05, 4.69) is 0 Å². The predicted octanol–water partition coefficient (Wildman–Crippen LogP) is 4.41. The Bertz CT molecular complexity index is 908. The quantitative estimate of drug-likeness (QED) is 0.780. The normalized spacial score (nSPS) is 19.6. The Kier molecular flexibility index (Phi) is 3.80. The van der Waals surface area contributed by atoms with Gasteiger partial charge in [-0.2, -0.15) is 0 Å². The lowest BCUT2D eigenvalue weighted by atomic mass is 10.0. The molecule has 2 aromatic carbocycles. The van der Waals surface area contributed by atoms with E-state index in [0.717, 1.165) is 16.9 Å². The molecule has 0 aliphatic carbocycles. The average Bonchev–Trinajstić information content (AvgIpc) is 2.91. The number of carbonyl (C=O) groups excluding carboxylic acids is 1. The van der Waals surface area contributed by atoms with Crippen LogP contribution in [0.15, 0.2) is 59.9 Å². The number of rotatable bonds is 3. The minimum absolute atomic E-state index is 0.120. The van der Waals surface area contributed by atoms with Gasteiger partial charge in [0.25, 0.3) is 0 Å². The van der Waals surface area contributed by atoms with Gasteiger partial charge in [-0.05, 0) is 49.8 Å². The van der Waals surface area contributed by atoms with Crippen LogP contribution in [0.1, 0.15) is 29.8 Å². The second kappa shape index (κ2) is 6.13. The monoisotopic (exact) mass is 334 g/mol. The molecular weight excluding hydrogens is 316 g/mol. The van der Waals surface area contributed by atoms with Crippen LogP contribution in [0.4, 0.5) is 0 Å². The number of fused-ring (bicyclic) bond motifs is 2. The number of hydrogen-bond acceptors (Lipinski definition) is 4. The summed E-state index contributed by atoms with van der Waals surface area (Å²) in [5, 5.41) is 0. The minimum atomic E-state index is -0.151. The molecule has 0 spiro atoms. The number of benzene rings is 2. The van der Waals surface area contributed by atoms with Crippen LogP contribution in [0, 0.1) is 0 Å². The fraction of sp³-hybridized carbons (Fsp3) is 0.190. The Balaban J connectivity index is 1.66. The highest BCUT2D eigenvalue weighted by Crippen LogP contribution is 2.36. The van der Waals surface area contributed by atoms with Gasteiger partial charge in [0, 0.05) is 11.6 Å². The molecule has 0 fully saturated rings. The van der Waals surface area contributed by atoms with Crippen molar-refractivity contribution in [2.75, 3.05) is 6.61 Å². The molecule has 0 radical (unpaired) electrons. The summed E-state index contributed by atoms with van der Waals surface area (Å²) in [5.41, 5.74) is 2.45. The first-order valence-corrected chi connectivity index (χ1v) is 8.34. The van der Waals surface area contributed by atoms with E-state index in [0.29, 0.717) is 29.4 Å². The molecule has 0 bridgehead atoms. The lowest BCUT2D eigenvalue weighted by Crippen LogP contribution is -2.18. The van der Waals surface area contributed by atoms with Gasteiger partial charge in [0.05, 0.1) is 12.2 Å². The van der Waals surface area contributed by atoms with Gasteiger partial charge in [-0.15, -0.1) is 0 Å². The third-order valence-corrected chi connectivity index (χ3v) is 4.26. The summed E-state index contributed by atoms with van der Waals surface area (Å²) in [5.74, 6) is 2.26. The van der Waals surface area contributed by atoms with E-state index in [9.17, 15) is 4.79 Å². The van der Waals surface area contributed by atoms with Gasteiger partial charge in [-0.25, -0.2) is 0 Å². The lowest BCUT2D eigenvalue weighted by Gasteiger charge is -2.22. The topological polar surface area (TPSA) is 44.8 Å². The molecule has 4 nitrogen and oxygen atoms in total. The molecule has 0 amide bonds. The van der Waals surface area contributed by atoms with Gasteiger partial charge in [-0.1, -0.05) is 18.2 Å². The van der Waals surface area contributed by atoms with Crippen molar-refractivity contribution in [2.24, 2.45) is 0 Å². The molecule has 0 saturated carbocycles.